The number of hydrogen-bond donors (Lipinski definition) is 1. The van der Waals surface area contributed by atoms with Gasteiger partial charge in [0.05, 0.1) is 17.3 Å². The number of nitrogens with zero attached hydrogens (tertiary/aromatic N) is 1. The van der Waals surface area contributed by atoms with E-state index in [0.717, 1.165) is 5.56 Å². The summed E-state index contributed by atoms with van der Waals surface area (Å²) < 4.78 is 16.4. The monoisotopic (exact) mass is 432 g/mol. The molecule has 1 aromatic heterocycles. The molecule has 0 unspecified atom stereocenters. The van der Waals surface area contributed by atoms with E-state index in [2.05, 4.69) is 10.3 Å². The van der Waals surface area contributed by atoms with Crippen molar-refractivity contribution in [2.45, 2.75) is 25.8 Å². The molecule has 1 aliphatic rings. The number of benzene rings is 2. The Labute approximate surface area is 177 Å². The zero-order valence-corrected chi connectivity index (χ0v) is 17.1. The van der Waals surface area contributed by atoms with E-state index in [9.17, 15) is 4.79 Å². The van der Waals surface area contributed by atoms with E-state index in [1.54, 1.807) is 24.4 Å². The molecule has 150 valence electrons. The van der Waals surface area contributed by atoms with Crippen molar-refractivity contribution < 1.29 is 18.7 Å². The summed E-state index contributed by atoms with van der Waals surface area (Å²) >= 11 is 12.1. The Bertz CT molecular complexity index is 1050. The molecule has 2 aromatic carbocycles. The van der Waals surface area contributed by atoms with Gasteiger partial charge >= 0.3 is 0 Å². The number of aromatic nitrogens is 1. The SMILES string of the molecule is C[C@H](NC(=O)CCc1ncc(-c2ccc(Cl)cc2Cl)o1)c1ccc2c(c1)OCO2. The predicted molar refractivity (Wildman–Crippen MR) is 109 cm³/mol. The highest BCUT2D eigenvalue weighted by Gasteiger charge is 2.17. The van der Waals surface area contributed by atoms with Crippen molar-refractivity contribution in [3.63, 3.8) is 0 Å². The molecule has 2 heterocycles. The highest BCUT2D eigenvalue weighted by Crippen LogP contribution is 2.34. The molecule has 8 heteroatoms. The third-order valence-electron chi connectivity index (χ3n) is 4.59. The van der Waals surface area contributed by atoms with Crippen LogP contribution in [0.3, 0.4) is 0 Å². The van der Waals surface area contributed by atoms with Gasteiger partial charge in [0.2, 0.25) is 12.7 Å². The van der Waals surface area contributed by atoms with Crippen molar-refractivity contribution in [3.8, 4) is 22.8 Å². The van der Waals surface area contributed by atoms with Crippen LogP contribution in [0.4, 0.5) is 0 Å². The first kappa shape index (κ1) is 19.6. The van der Waals surface area contributed by atoms with Crippen LogP contribution in [-0.4, -0.2) is 17.7 Å². The van der Waals surface area contributed by atoms with Crippen molar-refractivity contribution in [1.29, 1.82) is 0 Å². The first-order valence-electron chi connectivity index (χ1n) is 9.08. The number of rotatable bonds is 6. The number of oxazole rings is 1. The summed E-state index contributed by atoms with van der Waals surface area (Å²) in [6.45, 7) is 2.14. The first-order valence-corrected chi connectivity index (χ1v) is 9.84. The van der Waals surface area contributed by atoms with Crippen LogP contribution in [-0.2, 0) is 11.2 Å². The van der Waals surface area contributed by atoms with Gasteiger partial charge in [0.15, 0.2) is 23.1 Å². The van der Waals surface area contributed by atoms with E-state index in [0.29, 0.717) is 45.2 Å². The fourth-order valence-electron chi connectivity index (χ4n) is 3.04. The van der Waals surface area contributed by atoms with Crippen LogP contribution in [0.1, 0.15) is 30.8 Å². The van der Waals surface area contributed by atoms with Crippen molar-refractivity contribution in [2.24, 2.45) is 0 Å². The van der Waals surface area contributed by atoms with Crippen molar-refractivity contribution >= 4 is 29.1 Å². The van der Waals surface area contributed by atoms with Crippen LogP contribution in [0.15, 0.2) is 47.0 Å². The molecule has 6 nitrogen and oxygen atoms in total. The lowest BCUT2D eigenvalue weighted by Crippen LogP contribution is -2.26. The Balaban J connectivity index is 1.33. The van der Waals surface area contributed by atoms with Crippen LogP contribution in [0, 0.1) is 0 Å². The fourth-order valence-corrected chi connectivity index (χ4v) is 3.54. The van der Waals surface area contributed by atoms with Gasteiger partial charge in [0.1, 0.15) is 0 Å². The molecule has 3 aromatic rings. The summed E-state index contributed by atoms with van der Waals surface area (Å²) in [5.41, 5.74) is 1.65. The lowest BCUT2D eigenvalue weighted by Gasteiger charge is -2.14. The predicted octanol–water partition coefficient (Wildman–Crippen LogP) is 5.19. The number of halogens is 2. The normalized spacial score (nSPS) is 13.3. The van der Waals surface area contributed by atoms with Crippen molar-refractivity contribution in [2.75, 3.05) is 6.79 Å². The van der Waals surface area contributed by atoms with E-state index >= 15 is 0 Å². The van der Waals surface area contributed by atoms with Crippen molar-refractivity contribution in [3.05, 3.63) is 64.1 Å². The fraction of sp³-hybridized carbons (Fsp3) is 0.238. The quantitative estimate of drug-likeness (QED) is 0.580. The third kappa shape index (κ3) is 4.49. The Morgan fingerprint density at radius 3 is 2.83 bits per heavy atom. The van der Waals surface area contributed by atoms with E-state index in [-0.39, 0.29) is 25.2 Å². The van der Waals surface area contributed by atoms with Crippen LogP contribution in [0.5, 0.6) is 11.5 Å². The zero-order chi connectivity index (χ0) is 20.4. The molecule has 0 saturated heterocycles. The number of amides is 1. The number of ether oxygens (including phenoxy) is 2. The molecule has 0 radical (unpaired) electrons. The Hall–Kier alpha value is -2.70. The first-order chi connectivity index (χ1) is 14.0. The largest absolute Gasteiger partial charge is 0.454 e. The number of aryl methyl sites for hydroxylation is 1. The van der Waals surface area contributed by atoms with Gasteiger partial charge in [-0.3, -0.25) is 4.79 Å². The minimum Gasteiger partial charge on any atom is -0.454 e. The molecular formula is C21H18Cl2N2O4. The second-order valence-electron chi connectivity index (χ2n) is 6.64. The Morgan fingerprint density at radius 1 is 1.17 bits per heavy atom. The molecule has 1 amide bonds. The molecule has 0 spiro atoms. The molecule has 4 rings (SSSR count). The minimum absolute atomic E-state index is 0.0977. The van der Waals surface area contributed by atoms with Gasteiger partial charge in [-0.25, -0.2) is 4.98 Å². The summed E-state index contributed by atoms with van der Waals surface area (Å²) in [5, 5.41) is 4.00. The number of fused-ring (bicyclic) bond motifs is 1. The van der Waals surface area contributed by atoms with Crippen LogP contribution < -0.4 is 14.8 Å². The second-order valence-corrected chi connectivity index (χ2v) is 7.49. The summed E-state index contributed by atoms with van der Waals surface area (Å²) in [6, 6.07) is 10.6. The van der Waals surface area contributed by atoms with E-state index in [4.69, 9.17) is 37.1 Å². The van der Waals surface area contributed by atoms with Gasteiger partial charge in [0, 0.05) is 23.4 Å². The molecule has 29 heavy (non-hydrogen) atoms. The van der Waals surface area contributed by atoms with Gasteiger partial charge < -0.3 is 19.2 Å². The minimum atomic E-state index is -0.162. The van der Waals surface area contributed by atoms with Crippen LogP contribution >= 0.6 is 23.2 Å². The van der Waals surface area contributed by atoms with E-state index < -0.39 is 0 Å². The smallest absolute Gasteiger partial charge is 0.231 e. The topological polar surface area (TPSA) is 73.6 Å². The maximum atomic E-state index is 12.3. The maximum absolute atomic E-state index is 12.3. The zero-order valence-electron chi connectivity index (χ0n) is 15.6. The van der Waals surface area contributed by atoms with E-state index in [1.165, 1.54) is 0 Å². The molecule has 1 atom stereocenters. The van der Waals surface area contributed by atoms with Gasteiger partial charge in [-0.1, -0.05) is 29.3 Å². The van der Waals surface area contributed by atoms with Crippen LogP contribution in [0.25, 0.3) is 11.3 Å². The summed E-state index contributed by atoms with van der Waals surface area (Å²) in [7, 11) is 0. The molecular weight excluding hydrogens is 415 g/mol. The lowest BCUT2D eigenvalue weighted by molar-refractivity contribution is -0.121. The van der Waals surface area contributed by atoms with Crippen LogP contribution in [0.2, 0.25) is 10.0 Å². The number of carbonyl (C=O) groups excluding carboxylic acids is 1. The standard InChI is InChI=1S/C21H18Cl2N2O4/c1-12(13-2-5-17-18(8-13)28-11-27-17)25-20(26)6-7-21-24-10-19(29-21)15-4-3-14(22)9-16(15)23/h2-5,8-10,12H,6-7,11H2,1H3,(H,25,26)/t12-/m0/s1. The van der Waals surface area contributed by atoms with Gasteiger partial charge in [-0.2, -0.15) is 0 Å². The highest BCUT2D eigenvalue weighted by molar-refractivity contribution is 6.36. The van der Waals surface area contributed by atoms with Crippen molar-refractivity contribution in [1.82, 2.24) is 10.3 Å². The number of carbonyl (C=O) groups is 1. The maximum Gasteiger partial charge on any atom is 0.231 e. The summed E-state index contributed by atoms with van der Waals surface area (Å²) in [5.74, 6) is 2.32. The average Bonchev–Trinajstić information content (AvgIpc) is 3.35. The number of nitrogens with one attached hydrogen (secondary N) is 1. The molecule has 1 aliphatic heterocycles. The van der Waals surface area contributed by atoms with Gasteiger partial charge in [-0.15, -0.1) is 0 Å². The molecule has 1 N–H and O–H groups in total. The molecule has 0 bridgehead atoms. The number of hydrogen-bond acceptors (Lipinski definition) is 5. The highest BCUT2D eigenvalue weighted by atomic mass is 35.5. The van der Waals surface area contributed by atoms with Gasteiger partial charge in [0.25, 0.3) is 0 Å². The second kappa shape index (κ2) is 8.35. The molecule has 0 fully saturated rings. The average molecular weight is 433 g/mol. The Morgan fingerprint density at radius 2 is 2.00 bits per heavy atom. The Kier molecular flexibility index (Phi) is 5.65. The molecule has 0 saturated carbocycles. The van der Waals surface area contributed by atoms with Gasteiger partial charge in [-0.05, 0) is 42.8 Å². The summed E-state index contributed by atoms with van der Waals surface area (Å²) in [6.07, 6.45) is 2.23. The van der Waals surface area contributed by atoms with E-state index in [1.807, 2.05) is 25.1 Å². The molecule has 0 aliphatic carbocycles. The third-order valence-corrected chi connectivity index (χ3v) is 5.14. The summed E-state index contributed by atoms with van der Waals surface area (Å²) in [4.78, 5) is 16.6. The lowest BCUT2D eigenvalue weighted by atomic mass is 10.1.